The number of hydrogen-bond donors (Lipinski definition) is 1. The van der Waals surface area contributed by atoms with Gasteiger partial charge in [-0.3, -0.25) is 9.69 Å². The molecule has 2 saturated heterocycles. The molecule has 1 aromatic heterocycles. The average molecular weight is 278 g/mol. The molecule has 1 atom stereocenters. The number of nitrogens with zero attached hydrogens (tertiary/aromatic N) is 5. The van der Waals surface area contributed by atoms with Crippen molar-refractivity contribution in [1.29, 1.82) is 0 Å². The molecule has 1 unspecified atom stereocenters. The second-order valence-corrected chi connectivity index (χ2v) is 5.62. The van der Waals surface area contributed by atoms with Crippen molar-refractivity contribution in [2.24, 2.45) is 0 Å². The van der Waals surface area contributed by atoms with E-state index in [2.05, 4.69) is 34.4 Å². The summed E-state index contributed by atoms with van der Waals surface area (Å²) in [5, 5.41) is 11.3. The molecule has 0 radical (unpaired) electrons. The van der Waals surface area contributed by atoms with Crippen molar-refractivity contribution in [3.63, 3.8) is 0 Å². The summed E-state index contributed by atoms with van der Waals surface area (Å²) < 4.78 is 1.80. The minimum absolute atomic E-state index is 0.00568. The van der Waals surface area contributed by atoms with Crippen molar-refractivity contribution < 1.29 is 4.79 Å². The van der Waals surface area contributed by atoms with Crippen molar-refractivity contribution in [3.05, 3.63) is 11.9 Å². The molecule has 0 saturated carbocycles. The van der Waals surface area contributed by atoms with Crippen molar-refractivity contribution >= 4 is 5.91 Å². The second-order valence-electron chi connectivity index (χ2n) is 5.62. The van der Waals surface area contributed by atoms with Gasteiger partial charge in [-0.25, -0.2) is 4.68 Å². The molecule has 20 heavy (non-hydrogen) atoms. The van der Waals surface area contributed by atoms with Gasteiger partial charge >= 0.3 is 0 Å². The highest BCUT2D eigenvalue weighted by molar-refractivity contribution is 5.92. The van der Waals surface area contributed by atoms with Crippen LogP contribution in [0.15, 0.2) is 6.20 Å². The third-order valence-electron chi connectivity index (χ3n) is 4.32. The maximum Gasteiger partial charge on any atom is 0.276 e. The molecule has 1 amide bonds. The van der Waals surface area contributed by atoms with Gasteiger partial charge in [0.05, 0.1) is 12.2 Å². The van der Waals surface area contributed by atoms with E-state index in [-0.39, 0.29) is 5.91 Å². The van der Waals surface area contributed by atoms with Gasteiger partial charge in [0.15, 0.2) is 5.69 Å². The van der Waals surface area contributed by atoms with Crippen LogP contribution < -0.4 is 5.32 Å². The minimum Gasteiger partial charge on any atom is -0.334 e. The van der Waals surface area contributed by atoms with Gasteiger partial charge in [-0.2, -0.15) is 0 Å². The van der Waals surface area contributed by atoms with Crippen LogP contribution in [0.1, 0.15) is 30.4 Å². The lowest BCUT2D eigenvalue weighted by molar-refractivity contribution is 0.0523. The highest BCUT2D eigenvalue weighted by atomic mass is 16.2. The summed E-state index contributed by atoms with van der Waals surface area (Å²) in [6.07, 6.45) is 1.78. The van der Waals surface area contributed by atoms with Crippen LogP contribution in [0.2, 0.25) is 0 Å². The number of amides is 1. The van der Waals surface area contributed by atoms with E-state index in [1.807, 2.05) is 4.90 Å². The SMILES string of the molecule is CCN1CCN(C(=O)c2cn(C3CNC3)nn2)CC1C. The molecule has 3 rings (SSSR count). The van der Waals surface area contributed by atoms with Crippen LogP contribution in [0.4, 0.5) is 0 Å². The molecule has 7 nitrogen and oxygen atoms in total. The van der Waals surface area contributed by atoms with Crippen molar-refractivity contribution in [2.45, 2.75) is 25.9 Å². The monoisotopic (exact) mass is 278 g/mol. The summed E-state index contributed by atoms with van der Waals surface area (Å²) in [6, 6.07) is 0.753. The van der Waals surface area contributed by atoms with Gasteiger partial charge < -0.3 is 10.2 Å². The zero-order valence-electron chi connectivity index (χ0n) is 12.1. The summed E-state index contributed by atoms with van der Waals surface area (Å²) in [7, 11) is 0. The average Bonchev–Trinajstić information content (AvgIpc) is 2.85. The van der Waals surface area contributed by atoms with E-state index >= 15 is 0 Å². The highest BCUT2D eigenvalue weighted by Crippen LogP contribution is 2.14. The van der Waals surface area contributed by atoms with Gasteiger partial charge in [0.2, 0.25) is 0 Å². The minimum atomic E-state index is 0.00568. The van der Waals surface area contributed by atoms with E-state index in [1.165, 1.54) is 0 Å². The Kier molecular flexibility index (Phi) is 3.71. The Hall–Kier alpha value is -1.47. The first kappa shape index (κ1) is 13.5. The number of piperazine rings is 1. The number of aromatic nitrogens is 3. The van der Waals surface area contributed by atoms with E-state index in [4.69, 9.17) is 0 Å². The van der Waals surface area contributed by atoms with Crippen LogP contribution >= 0.6 is 0 Å². The topological polar surface area (TPSA) is 66.3 Å². The zero-order valence-corrected chi connectivity index (χ0v) is 12.1. The van der Waals surface area contributed by atoms with Crippen LogP contribution in [0, 0.1) is 0 Å². The Morgan fingerprint density at radius 1 is 1.45 bits per heavy atom. The van der Waals surface area contributed by atoms with Gasteiger partial charge in [-0.1, -0.05) is 12.1 Å². The van der Waals surface area contributed by atoms with Gasteiger partial charge in [-0.05, 0) is 13.5 Å². The number of nitrogens with one attached hydrogen (secondary N) is 1. The molecule has 0 spiro atoms. The maximum absolute atomic E-state index is 12.5. The van der Waals surface area contributed by atoms with Gasteiger partial charge in [0.25, 0.3) is 5.91 Å². The van der Waals surface area contributed by atoms with Crippen LogP contribution in [0.3, 0.4) is 0 Å². The molecular weight excluding hydrogens is 256 g/mol. The van der Waals surface area contributed by atoms with Crippen molar-refractivity contribution in [2.75, 3.05) is 39.3 Å². The molecule has 0 aliphatic carbocycles. The highest BCUT2D eigenvalue weighted by Gasteiger charge is 2.28. The van der Waals surface area contributed by atoms with Crippen molar-refractivity contribution in [1.82, 2.24) is 30.1 Å². The standard InChI is InChI=1S/C13H22N6O/c1-3-17-4-5-18(8-10(17)2)13(20)12-9-19(16-15-12)11-6-14-7-11/h9-11,14H,3-8H2,1-2H3. The Morgan fingerprint density at radius 3 is 2.85 bits per heavy atom. The molecule has 2 fully saturated rings. The Bertz CT molecular complexity index is 483. The third-order valence-corrected chi connectivity index (χ3v) is 4.32. The molecule has 1 N–H and O–H groups in total. The fourth-order valence-corrected chi connectivity index (χ4v) is 2.83. The van der Waals surface area contributed by atoms with Crippen LogP contribution in [0.25, 0.3) is 0 Å². The Labute approximate surface area is 118 Å². The van der Waals surface area contributed by atoms with Crippen LogP contribution in [0.5, 0.6) is 0 Å². The summed E-state index contributed by atoms with van der Waals surface area (Å²) in [5.74, 6) is 0.00568. The fourth-order valence-electron chi connectivity index (χ4n) is 2.83. The molecule has 3 heterocycles. The smallest absolute Gasteiger partial charge is 0.276 e. The number of carbonyl (C=O) groups excluding carboxylic acids is 1. The van der Waals surface area contributed by atoms with E-state index in [0.29, 0.717) is 17.8 Å². The predicted octanol–water partition coefficient (Wildman–Crippen LogP) is -0.411. The van der Waals surface area contributed by atoms with E-state index in [9.17, 15) is 4.79 Å². The first-order valence-electron chi connectivity index (χ1n) is 7.35. The van der Waals surface area contributed by atoms with Gasteiger partial charge in [-0.15, -0.1) is 5.10 Å². The fraction of sp³-hybridized carbons (Fsp3) is 0.769. The molecule has 1 aromatic rings. The summed E-state index contributed by atoms with van der Waals surface area (Å²) in [6.45, 7) is 9.65. The lowest BCUT2D eigenvalue weighted by atomic mass is 10.2. The van der Waals surface area contributed by atoms with E-state index in [1.54, 1.807) is 10.9 Å². The molecule has 2 aliphatic rings. The first-order valence-corrected chi connectivity index (χ1v) is 7.35. The first-order chi connectivity index (χ1) is 9.69. The molecule has 0 bridgehead atoms. The number of hydrogen-bond acceptors (Lipinski definition) is 5. The normalized spacial score (nSPS) is 24.7. The Morgan fingerprint density at radius 2 is 2.25 bits per heavy atom. The molecule has 110 valence electrons. The largest absolute Gasteiger partial charge is 0.334 e. The lowest BCUT2D eigenvalue weighted by Gasteiger charge is -2.39. The molecule has 2 aliphatic heterocycles. The number of likely N-dealkylation sites (N-methyl/N-ethyl adjacent to an activating group) is 1. The van der Waals surface area contributed by atoms with Crippen LogP contribution in [-0.4, -0.2) is 76.0 Å². The van der Waals surface area contributed by atoms with E-state index < -0.39 is 0 Å². The zero-order chi connectivity index (χ0) is 14.1. The maximum atomic E-state index is 12.5. The van der Waals surface area contributed by atoms with Gasteiger partial charge in [0.1, 0.15) is 0 Å². The molecule has 0 aromatic carbocycles. The third kappa shape index (κ3) is 2.43. The Balaban J connectivity index is 1.65. The quantitative estimate of drug-likeness (QED) is 0.814. The predicted molar refractivity (Wildman–Crippen MR) is 74.5 cm³/mol. The summed E-state index contributed by atoms with van der Waals surface area (Å²) in [5.41, 5.74) is 0.467. The second kappa shape index (κ2) is 5.49. The van der Waals surface area contributed by atoms with Gasteiger partial charge in [0, 0.05) is 38.8 Å². The number of carbonyl (C=O) groups is 1. The van der Waals surface area contributed by atoms with E-state index in [0.717, 1.165) is 39.3 Å². The molecule has 7 heteroatoms. The molecular formula is C13H22N6O. The van der Waals surface area contributed by atoms with Crippen LogP contribution in [-0.2, 0) is 0 Å². The van der Waals surface area contributed by atoms with Crippen molar-refractivity contribution in [3.8, 4) is 0 Å². The summed E-state index contributed by atoms with van der Waals surface area (Å²) >= 11 is 0. The lowest BCUT2D eigenvalue weighted by Crippen LogP contribution is -2.53. The summed E-state index contributed by atoms with van der Waals surface area (Å²) in [4.78, 5) is 16.7. The number of rotatable bonds is 3.